The van der Waals surface area contributed by atoms with E-state index in [-0.39, 0.29) is 17.7 Å². The molecule has 1 fully saturated rings. The lowest BCUT2D eigenvalue weighted by Crippen LogP contribution is -2.36. The fourth-order valence-corrected chi connectivity index (χ4v) is 3.94. The molecule has 0 aliphatic heterocycles. The number of para-hydroxylation sites is 1. The van der Waals surface area contributed by atoms with Crippen LogP contribution < -0.4 is 5.32 Å². The minimum Gasteiger partial charge on any atom is -0.481 e. The largest absolute Gasteiger partial charge is 0.481 e. The lowest BCUT2D eigenvalue weighted by Gasteiger charge is -2.24. The normalized spacial score (nSPS) is 28.2. The van der Waals surface area contributed by atoms with Crippen LogP contribution in [0.1, 0.15) is 6.42 Å². The van der Waals surface area contributed by atoms with Gasteiger partial charge in [0.2, 0.25) is 5.91 Å². The molecular formula is C18H16N2O3. The molecule has 1 heterocycles. The second-order valence-corrected chi connectivity index (χ2v) is 6.21. The molecule has 2 N–H and O–H groups in total. The second-order valence-electron chi connectivity index (χ2n) is 6.21. The summed E-state index contributed by atoms with van der Waals surface area (Å²) in [7, 11) is 0. The minimum atomic E-state index is -0.891. The Bertz CT molecular complexity index is 825. The molecule has 1 aromatic carbocycles. The molecule has 1 saturated carbocycles. The van der Waals surface area contributed by atoms with E-state index in [0.717, 1.165) is 11.8 Å². The van der Waals surface area contributed by atoms with Crippen LogP contribution >= 0.6 is 0 Å². The number of rotatable bonds is 3. The molecule has 1 amide bonds. The van der Waals surface area contributed by atoms with Crippen LogP contribution in [-0.2, 0) is 9.59 Å². The molecule has 2 bridgehead atoms. The number of nitrogens with one attached hydrogen (secondary N) is 1. The smallest absolute Gasteiger partial charge is 0.307 e. The monoisotopic (exact) mass is 308 g/mol. The zero-order chi connectivity index (χ0) is 16.0. The Morgan fingerprint density at radius 3 is 2.61 bits per heavy atom. The highest BCUT2D eigenvalue weighted by atomic mass is 16.4. The first-order chi connectivity index (χ1) is 11.1. The molecule has 2 aliphatic rings. The molecule has 0 unspecified atom stereocenters. The van der Waals surface area contributed by atoms with Crippen LogP contribution in [0.4, 0.5) is 5.69 Å². The van der Waals surface area contributed by atoms with Crippen molar-refractivity contribution >= 4 is 28.5 Å². The third-order valence-electron chi connectivity index (χ3n) is 4.94. The van der Waals surface area contributed by atoms with Crippen LogP contribution in [0.15, 0.2) is 48.7 Å². The maximum absolute atomic E-state index is 12.7. The van der Waals surface area contributed by atoms with Gasteiger partial charge in [-0.05, 0) is 30.4 Å². The zero-order valence-electron chi connectivity index (χ0n) is 12.3. The van der Waals surface area contributed by atoms with E-state index in [1.54, 1.807) is 12.3 Å². The van der Waals surface area contributed by atoms with Gasteiger partial charge in [0, 0.05) is 11.6 Å². The van der Waals surface area contributed by atoms with Crippen molar-refractivity contribution in [2.45, 2.75) is 6.42 Å². The molecule has 116 valence electrons. The maximum Gasteiger partial charge on any atom is 0.307 e. The third kappa shape index (κ3) is 2.20. The predicted octanol–water partition coefficient (Wildman–Crippen LogP) is 2.70. The Labute approximate surface area is 133 Å². The lowest BCUT2D eigenvalue weighted by atomic mass is 9.82. The van der Waals surface area contributed by atoms with Crippen molar-refractivity contribution in [3.8, 4) is 0 Å². The average molecular weight is 308 g/mol. The molecular weight excluding hydrogens is 292 g/mol. The Balaban J connectivity index is 1.65. The zero-order valence-corrected chi connectivity index (χ0v) is 12.3. The summed E-state index contributed by atoms with van der Waals surface area (Å²) in [5, 5.41) is 13.3. The van der Waals surface area contributed by atoms with E-state index in [1.807, 2.05) is 36.4 Å². The third-order valence-corrected chi connectivity index (χ3v) is 4.94. The number of carbonyl (C=O) groups is 2. The number of aromatic nitrogens is 1. The van der Waals surface area contributed by atoms with Gasteiger partial charge in [-0.25, -0.2) is 0 Å². The van der Waals surface area contributed by atoms with Crippen LogP contribution in [0.25, 0.3) is 10.9 Å². The van der Waals surface area contributed by atoms with Gasteiger partial charge in [-0.1, -0.05) is 30.4 Å². The standard InChI is InChI=1S/C18H16N2O3/c21-17(14-11-6-7-12(9-11)15(14)18(22)23)20-13-5-1-3-10-4-2-8-19-16(10)13/h1-8,11-12,14-15H,9H2,(H,20,21)(H,22,23)/t11-,12-,14+,15+/m1/s1. The lowest BCUT2D eigenvalue weighted by molar-refractivity contribution is -0.146. The number of benzene rings is 1. The van der Waals surface area contributed by atoms with E-state index >= 15 is 0 Å². The molecule has 0 spiro atoms. The number of aliphatic carboxylic acids is 1. The molecule has 5 nitrogen and oxygen atoms in total. The highest BCUT2D eigenvalue weighted by Crippen LogP contribution is 2.48. The van der Waals surface area contributed by atoms with Crippen molar-refractivity contribution < 1.29 is 14.7 Å². The van der Waals surface area contributed by atoms with Gasteiger partial charge in [-0.2, -0.15) is 0 Å². The summed E-state index contributed by atoms with van der Waals surface area (Å²) in [6, 6.07) is 9.35. The Hall–Kier alpha value is -2.69. The van der Waals surface area contributed by atoms with Gasteiger partial charge in [-0.15, -0.1) is 0 Å². The van der Waals surface area contributed by atoms with Crippen molar-refractivity contribution in [3.05, 3.63) is 48.7 Å². The van der Waals surface area contributed by atoms with Crippen molar-refractivity contribution in [1.82, 2.24) is 4.98 Å². The van der Waals surface area contributed by atoms with Crippen molar-refractivity contribution in [2.75, 3.05) is 5.32 Å². The van der Waals surface area contributed by atoms with Crippen molar-refractivity contribution in [3.63, 3.8) is 0 Å². The number of carboxylic acids is 1. The first-order valence-electron chi connectivity index (χ1n) is 7.71. The van der Waals surface area contributed by atoms with Gasteiger partial charge in [0.1, 0.15) is 0 Å². The van der Waals surface area contributed by atoms with E-state index in [9.17, 15) is 14.7 Å². The number of hydrogen-bond acceptors (Lipinski definition) is 3. The van der Waals surface area contributed by atoms with E-state index in [4.69, 9.17) is 0 Å². The van der Waals surface area contributed by atoms with Gasteiger partial charge in [0.25, 0.3) is 0 Å². The van der Waals surface area contributed by atoms with E-state index in [2.05, 4.69) is 10.3 Å². The van der Waals surface area contributed by atoms with Crippen molar-refractivity contribution in [1.29, 1.82) is 0 Å². The van der Waals surface area contributed by atoms with Crippen LogP contribution in [-0.4, -0.2) is 22.0 Å². The van der Waals surface area contributed by atoms with Crippen LogP contribution in [0, 0.1) is 23.7 Å². The first kappa shape index (κ1) is 13.9. The summed E-state index contributed by atoms with van der Waals surface area (Å²) < 4.78 is 0. The van der Waals surface area contributed by atoms with E-state index < -0.39 is 17.8 Å². The van der Waals surface area contributed by atoms with Crippen LogP contribution in [0.3, 0.4) is 0 Å². The van der Waals surface area contributed by atoms with E-state index in [0.29, 0.717) is 11.2 Å². The number of nitrogens with zero attached hydrogens (tertiary/aromatic N) is 1. The van der Waals surface area contributed by atoms with Gasteiger partial charge in [0.15, 0.2) is 0 Å². The number of hydrogen-bond donors (Lipinski definition) is 2. The summed E-state index contributed by atoms with van der Waals surface area (Å²) >= 11 is 0. The average Bonchev–Trinajstić information content (AvgIpc) is 3.16. The molecule has 0 saturated heterocycles. The van der Waals surface area contributed by atoms with Gasteiger partial charge < -0.3 is 10.4 Å². The first-order valence-corrected chi connectivity index (χ1v) is 7.71. The Morgan fingerprint density at radius 1 is 1.09 bits per heavy atom. The Morgan fingerprint density at radius 2 is 1.83 bits per heavy atom. The summed E-state index contributed by atoms with van der Waals surface area (Å²) in [4.78, 5) is 28.6. The molecule has 2 aromatic rings. The number of amides is 1. The van der Waals surface area contributed by atoms with Crippen LogP contribution in [0.5, 0.6) is 0 Å². The second kappa shape index (κ2) is 5.19. The molecule has 4 atom stereocenters. The molecule has 2 aliphatic carbocycles. The van der Waals surface area contributed by atoms with Gasteiger partial charge in [-0.3, -0.25) is 14.6 Å². The number of fused-ring (bicyclic) bond motifs is 3. The molecule has 4 rings (SSSR count). The number of allylic oxidation sites excluding steroid dienone is 2. The highest BCUT2D eigenvalue weighted by molar-refractivity contribution is 6.02. The quantitative estimate of drug-likeness (QED) is 0.854. The fraction of sp³-hybridized carbons (Fsp3) is 0.278. The SMILES string of the molecule is O=C(O)[C@@H]1[C@@H](C(=O)Nc2cccc3cccnc23)[C@@H]2C=C[C@@H]1C2. The van der Waals surface area contributed by atoms with Gasteiger partial charge in [0.05, 0.1) is 23.0 Å². The molecule has 1 aromatic heterocycles. The molecule has 5 heteroatoms. The van der Waals surface area contributed by atoms with Crippen molar-refractivity contribution in [2.24, 2.45) is 23.7 Å². The number of anilines is 1. The Kier molecular flexibility index (Phi) is 3.15. The number of pyridine rings is 1. The van der Waals surface area contributed by atoms with E-state index in [1.165, 1.54) is 0 Å². The molecule has 0 radical (unpaired) electrons. The minimum absolute atomic E-state index is 0.0176. The molecule has 23 heavy (non-hydrogen) atoms. The number of carboxylic acid groups (broad SMARTS) is 1. The summed E-state index contributed by atoms with van der Waals surface area (Å²) in [6.07, 6.45) is 6.35. The summed E-state index contributed by atoms with van der Waals surface area (Å²) in [6.45, 7) is 0. The maximum atomic E-state index is 12.7. The topological polar surface area (TPSA) is 79.3 Å². The van der Waals surface area contributed by atoms with Crippen LogP contribution in [0.2, 0.25) is 0 Å². The highest BCUT2D eigenvalue weighted by Gasteiger charge is 2.51. The fourth-order valence-electron chi connectivity index (χ4n) is 3.94. The van der Waals surface area contributed by atoms with Gasteiger partial charge >= 0.3 is 5.97 Å². The summed E-state index contributed by atoms with van der Waals surface area (Å²) in [5.41, 5.74) is 1.35. The predicted molar refractivity (Wildman–Crippen MR) is 85.7 cm³/mol. The number of carbonyl (C=O) groups excluding carboxylic acids is 1. The summed E-state index contributed by atoms with van der Waals surface area (Å²) in [5.74, 6) is -2.28.